The normalized spacial score (nSPS) is 27.4. The Morgan fingerprint density at radius 2 is 1.83 bits per heavy atom. The molecule has 2 heterocycles. The number of hydrogen-bond donors (Lipinski definition) is 1. The number of nitrogens with zero attached hydrogens (tertiary/aromatic N) is 2. The number of piperidine rings is 1. The molecule has 0 saturated carbocycles. The van der Waals surface area contributed by atoms with Crippen molar-refractivity contribution in [2.75, 3.05) is 39.3 Å². The summed E-state index contributed by atoms with van der Waals surface area (Å²) in [5, 5.41) is 3.35. The van der Waals surface area contributed by atoms with Crippen LogP contribution in [-0.4, -0.2) is 56.3 Å². The second-order valence-corrected chi connectivity index (χ2v) is 7.16. The topological polar surface area (TPSA) is 52.6 Å². The summed E-state index contributed by atoms with van der Waals surface area (Å²) in [6.07, 6.45) is 4.34. The first-order valence-corrected chi connectivity index (χ1v) is 8.50. The minimum Gasteiger partial charge on any atom is -0.317 e. The third-order valence-electron chi connectivity index (χ3n) is 4.07. The fourth-order valence-corrected chi connectivity index (χ4v) is 4.57. The van der Waals surface area contributed by atoms with Crippen molar-refractivity contribution < 1.29 is 8.42 Å². The molecule has 0 aromatic rings. The molecule has 5 nitrogen and oxygen atoms in total. The van der Waals surface area contributed by atoms with E-state index < -0.39 is 10.2 Å². The summed E-state index contributed by atoms with van der Waals surface area (Å²) in [6, 6.07) is 0. The van der Waals surface area contributed by atoms with Gasteiger partial charge in [-0.15, -0.1) is 0 Å². The molecular weight excluding hydrogens is 250 g/mol. The molecule has 2 saturated heterocycles. The molecule has 0 atom stereocenters. The van der Waals surface area contributed by atoms with Gasteiger partial charge < -0.3 is 5.32 Å². The summed E-state index contributed by atoms with van der Waals surface area (Å²) in [5.41, 5.74) is 0. The molecule has 2 fully saturated rings. The predicted octanol–water partition coefficient (Wildman–Crippen LogP) is 0.649. The highest BCUT2D eigenvalue weighted by Gasteiger charge is 2.32. The van der Waals surface area contributed by atoms with Gasteiger partial charge in [0.25, 0.3) is 10.2 Å². The van der Waals surface area contributed by atoms with Crippen LogP contribution in [0, 0.1) is 5.92 Å². The van der Waals surface area contributed by atoms with Crippen molar-refractivity contribution in [1.82, 2.24) is 13.9 Å². The average Bonchev–Trinajstić information content (AvgIpc) is 2.38. The van der Waals surface area contributed by atoms with Crippen molar-refractivity contribution in [2.24, 2.45) is 5.92 Å². The monoisotopic (exact) mass is 275 g/mol. The molecular formula is C12H25N3O2S. The minimum atomic E-state index is -3.16. The molecule has 2 aliphatic heterocycles. The molecule has 6 heteroatoms. The Balaban J connectivity index is 1.87. The summed E-state index contributed by atoms with van der Waals surface area (Å²) < 4.78 is 27.8. The van der Waals surface area contributed by atoms with E-state index in [0.29, 0.717) is 32.1 Å². The zero-order valence-electron chi connectivity index (χ0n) is 11.3. The molecule has 0 spiro atoms. The van der Waals surface area contributed by atoms with Crippen LogP contribution in [-0.2, 0) is 10.2 Å². The quantitative estimate of drug-likeness (QED) is 0.819. The summed E-state index contributed by atoms with van der Waals surface area (Å²) in [7, 11) is -3.16. The lowest BCUT2D eigenvalue weighted by molar-refractivity contribution is 0.262. The Morgan fingerprint density at radius 1 is 1.17 bits per heavy atom. The zero-order chi connectivity index (χ0) is 13.0. The van der Waals surface area contributed by atoms with E-state index >= 15 is 0 Å². The molecule has 0 aliphatic carbocycles. The number of hydrogen-bond acceptors (Lipinski definition) is 3. The van der Waals surface area contributed by atoms with Crippen LogP contribution in [0.3, 0.4) is 0 Å². The Morgan fingerprint density at radius 3 is 2.50 bits per heavy atom. The SMILES string of the molecule is CCN1CCCN(CCC2CCNCC2)S1(=O)=O. The summed E-state index contributed by atoms with van der Waals surface area (Å²) in [5.74, 6) is 0.693. The predicted molar refractivity (Wildman–Crippen MR) is 72.6 cm³/mol. The Kier molecular flexibility index (Phi) is 5.00. The lowest BCUT2D eigenvalue weighted by Crippen LogP contribution is -2.50. The molecule has 0 aromatic heterocycles. The number of rotatable bonds is 4. The molecule has 18 heavy (non-hydrogen) atoms. The van der Waals surface area contributed by atoms with Crippen LogP contribution in [0.2, 0.25) is 0 Å². The van der Waals surface area contributed by atoms with Gasteiger partial charge in [0.2, 0.25) is 0 Å². The molecule has 0 radical (unpaired) electrons. The molecule has 0 amide bonds. The van der Waals surface area contributed by atoms with Gasteiger partial charge in [-0.1, -0.05) is 6.92 Å². The van der Waals surface area contributed by atoms with Crippen LogP contribution < -0.4 is 5.32 Å². The van der Waals surface area contributed by atoms with Crippen molar-refractivity contribution in [3.63, 3.8) is 0 Å². The highest BCUT2D eigenvalue weighted by molar-refractivity contribution is 7.86. The highest BCUT2D eigenvalue weighted by atomic mass is 32.2. The van der Waals surface area contributed by atoms with E-state index in [0.717, 1.165) is 25.9 Å². The van der Waals surface area contributed by atoms with Crippen molar-refractivity contribution in [2.45, 2.75) is 32.6 Å². The lowest BCUT2D eigenvalue weighted by atomic mass is 9.95. The molecule has 0 aromatic carbocycles. The zero-order valence-corrected chi connectivity index (χ0v) is 12.1. The molecule has 0 bridgehead atoms. The van der Waals surface area contributed by atoms with Crippen molar-refractivity contribution >= 4 is 10.2 Å². The van der Waals surface area contributed by atoms with Crippen LogP contribution in [0.15, 0.2) is 0 Å². The van der Waals surface area contributed by atoms with Gasteiger partial charge in [0.1, 0.15) is 0 Å². The second-order valence-electron chi connectivity index (χ2n) is 5.23. The first-order chi connectivity index (χ1) is 8.64. The van der Waals surface area contributed by atoms with E-state index in [4.69, 9.17) is 0 Å². The van der Waals surface area contributed by atoms with Gasteiger partial charge in [0, 0.05) is 26.2 Å². The van der Waals surface area contributed by atoms with Crippen molar-refractivity contribution in [1.29, 1.82) is 0 Å². The maximum Gasteiger partial charge on any atom is 0.281 e. The van der Waals surface area contributed by atoms with E-state index in [2.05, 4.69) is 5.32 Å². The third kappa shape index (κ3) is 3.23. The summed E-state index contributed by atoms with van der Waals surface area (Å²) in [4.78, 5) is 0. The van der Waals surface area contributed by atoms with Crippen LogP contribution >= 0.6 is 0 Å². The Labute approximate surface area is 111 Å². The van der Waals surface area contributed by atoms with Gasteiger partial charge in [-0.05, 0) is 44.7 Å². The first kappa shape index (κ1) is 14.2. The number of nitrogens with one attached hydrogen (secondary N) is 1. The smallest absolute Gasteiger partial charge is 0.281 e. The fraction of sp³-hybridized carbons (Fsp3) is 1.00. The molecule has 2 rings (SSSR count). The third-order valence-corrected chi connectivity index (χ3v) is 6.18. The van der Waals surface area contributed by atoms with E-state index in [1.807, 2.05) is 6.92 Å². The molecule has 106 valence electrons. The van der Waals surface area contributed by atoms with Crippen LogP contribution in [0.5, 0.6) is 0 Å². The summed E-state index contributed by atoms with van der Waals surface area (Å²) in [6.45, 7) is 6.74. The Hall–Kier alpha value is -0.170. The average molecular weight is 275 g/mol. The largest absolute Gasteiger partial charge is 0.317 e. The van der Waals surface area contributed by atoms with Gasteiger partial charge >= 0.3 is 0 Å². The van der Waals surface area contributed by atoms with Crippen molar-refractivity contribution in [3.05, 3.63) is 0 Å². The van der Waals surface area contributed by atoms with Crippen LogP contribution in [0.25, 0.3) is 0 Å². The highest BCUT2D eigenvalue weighted by Crippen LogP contribution is 2.20. The Bertz CT molecular complexity index is 352. The standard InChI is InChI=1S/C12H25N3O2S/c1-2-14-9-3-10-15(18(14,16)17)11-6-12-4-7-13-8-5-12/h12-13H,2-11H2,1H3. The van der Waals surface area contributed by atoms with Crippen LogP contribution in [0.4, 0.5) is 0 Å². The van der Waals surface area contributed by atoms with Crippen LogP contribution in [0.1, 0.15) is 32.6 Å². The van der Waals surface area contributed by atoms with E-state index in [1.165, 1.54) is 12.8 Å². The van der Waals surface area contributed by atoms with Gasteiger partial charge in [0.05, 0.1) is 0 Å². The van der Waals surface area contributed by atoms with E-state index in [1.54, 1.807) is 8.61 Å². The molecule has 1 N–H and O–H groups in total. The first-order valence-electron chi connectivity index (χ1n) is 7.10. The lowest BCUT2D eigenvalue weighted by Gasteiger charge is -2.35. The summed E-state index contributed by atoms with van der Waals surface area (Å²) >= 11 is 0. The van der Waals surface area contributed by atoms with Gasteiger partial charge in [-0.25, -0.2) is 0 Å². The van der Waals surface area contributed by atoms with Crippen molar-refractivity contribution in [3.8, 4) is 0 Å². The van der Waals surface area contributed by atoms with Gasteiger partial charge in [-0.3, -0.25) is 0 Å². The molecule has 0 unspecified atom stereocenters. The molecule has 2 aliphatic rings. The maximum absolute atomic E-state index is 12.3. The van der Waals surface area contributed by atoms with Gasteiger partial charge in [0.15, 0.2) is 0 Å². The minimum absolute atomic E-state index is 0.589. The fourth-order valence-electron chi connectivity index (χ4n) is 2.86. The maximum atomic E-state index is 12.3. The second kappa shape index (κ2) is 6.32. The van der Waals surface area contributed by atoms with Gasteiger partial charge in [-0.2, -0.15) is 17.0 Å². The van der Waals surface area contributed by atoms with E-state index in [9.17, 15) is 8.42 Å². The van der Waals surface area contributed by atoms with E-state index in [-0.39, 0.29) is 0 Å².